The largest absolute Gasteiger partial charge is 0.454 e. The number of piperidine rings is 1. The van der Waals surface area contributed by atoms with Gasteiger partial charge in [-0.3, -0.25) is 4.99 Å². The van der Waals surface area contributed by atoms with Gasteiger partial charge in [-0.1, -0.05) is 24.6 Å². The minimum atomic E-state index is 0.109. The van der Waals surface area contributed by atoms with Crippen LogP contribution in [0.3, 0.4) is 0 Å². The lowest BCUT2D eigenvalue weighted by molar-refractivity contribution is 0.174. The Balaban J connectivity index is 1.18. The Morgan fingerprint density at radius 3 is 2.66 bits per heavy atom. The van der Waals surface area contributed by atoms with E-state index in [1.165, 1.54) is 28.0 Å². The molecular formula is C26H28N4O2. The highest BCUT2D eigenvalue weighted by Crippen LogP contribution is 2.44. The van der Waals surface area contributed by atoms with E-state index in [1.54, 1.807) is 6.33 Å². The maximum atomic E-state index is 5.59. The normalized spacial score (nSPS) is 21.0. The van der Waals surface area contributed by atoms with Gasteiger partial charge in [0.15, 0.2) is 11.5 Å². The first-order chi connectivity index (χ1) is 15.5. The molecule has 1 aliphatic carbocycles. The molecule has 6 nitrogen and oxygen atoms in total. The molecule has 6 rings (SSSR count). The number of anilines is 1. The van der Waals surface area contributed by atoms with Crippen LogP contribution in [0.2, 0.25) is 0 Å². The zero-order valence-corrected chi connectivity index (χ0v) is 18.9. The minimum Gasteiger partial charge on any atom is -0.454 e. The number of aliphatic imine (C=N–C) groups is 1. The molecule has 0 radical (unpaired) electrons. The number of hydrogen-bond acceptors (Lipinski definition) is 6. The Morgan fingerprint density at radius 2 is 1.81 bits per heavy atom. The molecule has 1 aromatic heterocycles. The molecular weight excluding hydrogens is 400 g/mol. The van der Waals surface area contributed by atoms with E-state index < -0.39 is 0 Å². The van der Waals surface area contributed by atoms with Crippen LogP contribution in [0.5, 0.6) is 11.5 Å². The number of rotatable bonds is 3. The highest BCUT2D eigenvalue weighted by molar-refractivity contribution is 6.03. The third-order valence-electron chi connectivity index (χ3n) is 7.45. The van der Waals surface area contributed by atoms with Gasteiger partial charge < -0.3 is 14.4 Å². The van der Waals surface area contributed by atoms with Crippen LogP contribution < -0.4 is 14.4 Å². The van der Waals surface area contributed by atoms with Gasteiger partial charge in [-0.2, -0.15) is 0 Å². The molecule has 0 unspecified atom stereocenters. The predicted molar refractivity (Wildman–Crippen MR) is 126 cm³/mol. The third-order valence-corrected chi connectivity index (χ3v) is 7.45. The number of ether oxygens (including phenoxy) is 2. The summed E-state index contributed by atoms with van der Waals surface area (Å²) in [6, 6.07) is 6.23. The molecule has 2 aromatic rings. The van der Waals surface area contributed by atoms with Gasteiger partial charge >= 0.3 is 0 Å². The molecule has 164 valence electrons. The summed E-state index contributed by atoms with van der Waals surface area (Å²) >= 11 is 0. The number of hydrogen-bond donors (Lipinski definition) is 0. The van der Waals surface area contributed by atoms with E-state index in [0.717, 1.165) is 67.5 Å². The van der Waals surface area contributed by atoms with Crippen molar-refractivity contribution in [3.8, 4) is 11.5 Å². The SMILES string of the molecule is CC1=Cc2c(ncnc2N2CCC(C)(C3=NC(C)=C(c4ccc5c(c4)OCO5)C3)CC2)C1. The van der Waals surface area contributed by atoms with E-state index in [4.69, 9.17) is 14.5 Å². The van der Waals surface area contributed by atoms with Crippen molar-refractivity contribution < 1.29 is 9.47 Å². The van der Waals surface area contributed by atoms with Crippen molar-refractivity contribution in [2.75, 3.05) is 24.8 Å². The van der Waals surface area contributed by atoms with Crippen molar-refractivity contribution in [2.24, 2.45) is 10.4 Å². The first kappa shape index (κ1) is 19.5. The number of allylic oxidation sites excluding steroid dienone is 3. The molecule has 0 atom stereocenters. The highest BCUT2D eigenvalue weighted by atomic mass is 16.7. The quantitative estimate of drug-likeness (QED) is 0.685. The van der Waals surface area contributed by atoms with Crippen LogP contribution in [0.15, 0.2) is 40.8 Å². The molecule has 0 saturated carbocycles. The Labute approximate surface area is 188 Å². The fourth-order valence-electron chi connectivity index (χ4n) is 5.37. The van der Waals surface area contributed by atoms with Crippen molar-refractivity contribution in [1.82, 2.24) is 9.97 Å². The molecule has 3 aliphatic heterocycles. The molecule has 1 fully saturated rings. The second-order valence-corrected chi connectivity index (χ2v) is 9.64. The van der Waals surface area contributed by atoms with Gasteiger partial charge in [0, 0.05) is 48.3 Å². The summed E-state index contributed by atoms with van der Waals surface area (Å²) in [5.74, 6) is 2.75. The van der Waals surface area contributed by atoms with Crippen LogP contribution >= 0.6 is 0 Å². The Kier molecular flexibility index (Phi) is 4.39. The average molecular weight is 429 g/mol. The Morgan fingerprint density at radius 1 is 1.00 bits per heavy atom. The lowest BCUT2D eigenvalue weighted by atomic mass is 9.74. The minimum absolute atomic E-state index is 0.109. The predicted octanol–water partition coefficient (Wildman–Crippen LogP) is 5.05. The summed E-state index contributed by atoms with van der Waals surface area (Å²) in [5.41, 5.74) is 8.77. The average Bonchev–Trinajstić information content (AvgIpc) is 3.50. The number of benzene rings is 1. The van der Waals surface area contributed by atoms with Gasteiger partial charge in [0.1, 0.15) is 12.1 Å². The molecule has 0 bridgehead atoms. The van der Waals surface area contributed by atoms with E-state index in [0.29, 0.717) is 6.79 Å². The fraction of sp³-hybridized carbons (Fsp3) is 0.423. The number of fused-ring (bicyclic) bond motifs is 2. The van der Waals surface area contributed by atoms with Gasteiger partial charge in [-0.25, -0.2) is 9.97 Å². The van der Waals surface area contributed by atoms with Crippen molar-refractivity contribution in [3.05, 3.63) is 52.6 Å². The van der Waals surface area contributed by atoms with Crippen molar-refractivity contribution in [3.63, 3.8) is 0 Å². The van der Waals surface area contributed by atoms with Crippen LogP contribution in [0.4, 0.5) is 5.82 Å². The van der Waals surface area contributed by atoms with Crippen molar-refractivity contribution >= 4 is 23.2 Å². The third kappa shape index (κ3) is 3.12. The van der Waals surface area contributed by atoms with E-state index in [9.17, 15) is 0 Å². The molecule has 1 saturated heterocycles. The summed E-state index contributed by atoms with van der Waals surface area (Å²) in [5, 5.41) is 0. The van der Waals surface area contributed by atoms with Gasteiger partial charge in [-0.05, 0) is 50.0 Å². The highest BCUT2D eigenvalue weighted by Gasteiger charge is 2.38. The van der Waals surface area contributed by atoms with Crippen LogP contribution in [0, 0.1) is 5.41 Å². The van der Waals surface area contributed by atoms with Crippen LogP contribution in [0.25, 0.3) is 11.6 Å². The summed E-state index contributed by atoms with van der Waals surface area (Å²) in [7, 11) is 0. The van der Waals surface area contributed by atoms with Gasteiger partial charge in [0.05, 0.1) is 5.69 Å². The standard InChI is InChI=1S/C26H28N4O2/c1-16-10-20-21(11-16)27-14-28-25(20)30-8-6-26(3,7-9-30)24-13-19(17(2)29-24)18-4-5-22-23(12-18)32-15-31-22/h4-5,10,12,14H,6-9,11,13,15H2,1-3H3. The lowest BCUT2D eigenvalue weighted by Crippen LogP contribution is -2.43. The summed E-state index contributed by atoms with van der Waals surface area (Å²) in [6.45, 7) is 8.97. The van der Waals surface area contributed by atoms with Crippen LogP contribution in [-0.2, 0) is 6.42 Å². The molecule has 1 aromatic carbocycles. The van der Waals surface area contributed by atoms with Crippen LogP contribution in [-0.4, -0.2) is 35.6 Å². The van der Waals surface area contributed by atoms with E-state index >= 15 is 0 Å². The van der Waals surface area contributed by atoms with Gasteiger partial charge in [-0.15, -0.1) is 0 Å². The molecule has 4 heterocycles. The van der Waals surface area contributed by atoms with Crippen LogP contribution in [0.1, 0.15) is 56.9 Å². The summed E-state index contributed by atoms with van der Waals surface area (Å²) < 4.78 is 11.1. The maximum absolute atomic E-state index is 5.59. The van der Waals surface area contributed by atoms with Gasteiger partial charge in [0.25, 0.3) is 0 Å². The first-order valence-corrected chi connectivity index (χ1v) is 11.4. The van der Waals surface area contributed by atoms with E-state index in [2.05, 4.69) is 53.8 Å². The topological polar surface area (TPSA) is 59.8 Å². The first-order valence-electron chi connectivity index (χ1n) is 11.4. The molecule has 0 amide bonds. The lowest BCUT2D eigenvalue weighted by Gasteiger charge is -2.40. The second-order valence-electron chi connectivity index (χ2n) is 9.64. The molecule has 0 spiro atoms. The number of nitrogens with zero attached hydrogens (tertiary/aromatic N) is 4. The smallest absolute Gasteiger partial charge is 0.231 e. The summed E-state index contributed by atoms with van der Waals surface area (Å²) in [4.78, 5) is 16.7. The van der Waals surface area contributed by atoms with Crippen molar-refractivity contribution in [2.45, 2.75) is 46.5 Å². The van der Waals surface area contributed by atoms with E-state index in [1.807, 2.05) is 6.07 Å². The van der Waals surface area contributed by atoms with Crippen molar-refractivity contribution in [1.29, 1.82) is 0 Å². The zero-order valence-electron chi connectivity index (χ0n) is 18.9. The zero-order chi connectivity index (χ0) is 21.9. The number of aromatic nitrogens is 2. The molecule has 32 heavy (non-hydrogen) atoms. The van der Waals surface area contributed by atoms with Gasteiger partial charge in [0.2, 0.25) is 6.79 Å². The maximum Gasteiger partial charge on any atom is 0.231 e. The van der Waals surface area contributed by atoms with E-state index in [-0.39, 0.29) is 5.41 Å². The fourth-order valence-corrected chi connectivity index (χ4v) is 5.37. The Hall–Kier alpha value is -3.15. The summed E-state index contributed by atoms with van der Waals surface area (Å²) in [6.07, 6.45) is 7.99. The molecule has 6 heteroatoms. The molecule has 4 aliphatic rings. The monoisotopic (exact) mass is 428 g/mol. The second kappa shape index (κ2) is 7.19. The molecule has 0 N–H and O–H groups in total. The Bertz CT molecular complexity index is 1200.